The molecule has 0 bridgehead atoms. The Balaban J connectivity index is 0.000000140. The van der Waals surface area contributed by atoms with Gasteiger partial charge in [-0.3, -0.25) is 0 Å². The fourth-order valence-electron chi connectivity index (χ4n) is 16.5. The fraction of sp³-hybridized carbons (Fsp3) is 0.0513. The molecule has 2 aromatic heterocycles. The van der Waals surface area contributed by atoms with E-state index >= 15 is 4.57 Å². The SMILES string of the molecule is CC1(C)OB(c2cccc(-c3ccc4cc(P(=O)(c5ccccc5)c5ccccc5)ccc4c3)c2)OC1(C)C.Clc1nc(-c2ccc(-c3ccccc3)cc2)nc(-c2ccc(-c3ccccc3)cc2)n1.O=P(c1ccccc1)(c1ccccc1)c1ccc2cc(-c3cccc(-c4nc(-c5ccc(-c6ccccc6)cc5)nc(-c5ccc(-c6ccccc6)cc5)n4)c3)ccc2c1.[CH3-]. The molecule has 10 nitrogen and oxygen atoms in total. The van der Waals surface area contributed by atoms with E-state index in [0.717, 1.165) is 142 Å². The number of hydrogen-bond donors (Lipinski definition) is 0. The predicted molar refractivity (Wildman–Crippen MR) is 547 cm³/mol. The van der Waals surface area contributed by atoms with Crippen molar-refractivity contribution in [3.63, 3.8) is 0 Å². The molecule has 1 aliphatic rings. The summed E-state index contributed by atoms with van der Waals surface area (Å²) in [5.41, 5.74) is 18.3. The Kier molecular flexibility index (Phi) is 25.4. The van der Waals surface area contributed by atoms with Crippen LogP contribution in [-0.4, -0.2) is 48.2 Å². The fourth-order valence-corrected chi connectivity index (χ4v) is 22.0. The van der Waals surface area contributed by atoms with Crippen LogP contribution in [0.25, 0.3) is 145 Å². The van der Waals surface area contributed by atoms with Crippen LogP contribution >= 0.6 is 25.9 Å². The molecule has 21 rings (SSSR count). The number of fused-ring (bicyclic) bond motifs is 2. The molecule has 0 saturated carbocycles. The zero-order valence-electron chi connectivity index (χ0n) is 73.0. The summed E-state index contributed by atoms with van der Waals surface area (Å²) in [7, 11) is -6.52. The maximum Gasteiger partial charge on any atom is 0.494 e. The van der Waals surface area contributed by atoms with Crippen molar-refractivity contribution in [2.75, 3.05) is 0 Å². The van der Waals surface area contributed by atoms with E-state index in [2.05, 4.69) is 297 Å². The molecular weight excluding hydrogens is 1660 g/mol. The second-order valence-electron chi connectivity index (χ2n) is 33.2. The Bertz CT molecular complexity index is 7200. The first kappa shape index (κ1) is 86.9. The first-order valence-electron chi connectivity index (χ1n) is 43.4. The smallest absolute Gasteiger partial charge is 0.399 e. The Hall–Kier alpha value is -14.8. The third-order valence-corrected chi connectivity index (χ3v) is 30.6. The van der Waals surface area contributed by atoms with Crippen LogP contribution in [0.15, 0.2) is 461 Å². The normalized spacial score (nSPS) is 12.7. The van der Waals surface area contributed by atoms with Crippen molar-refractivity contribution in [3.8, 4) is 124 Å². The van der Waals surface area contributed by atoms with E-state index in [-0.39, 0.29) is 23.9 Å². The molecule has 634 valence electrons. The quantitative estimate of drug-likeness (QED) is 0.0465. The number of halogens is 1. The molecule has 20 aromatic rings. The van der Waals surface area contributed by atoms with Crippen LogP contribution in [-0.2, 0) is 18.4 Å². The first-order chi connectivity index (χ1) is 63.5. The minimum Gasteiger partial charge on any atom is -0.399 e. The number of rotatable bonds is 18. The second kappa shape index (κ2) is 38.3. The molecule has 18 aromatic carbocycles. The third kappa shape index (κ3) is 18.8. The lowest BCUT2D eigenvalue weighted by Gasteiger charge is -2.32. The first-order valence-corrected chi connectivity index (χ1v) is 47.2. The number of nitrogens with zero attached hydrogens (tertiary/aromatic N) is 6. The highest BCUT2D eigenvalue weighted by Gasteiger charge is 2.52. The summed E-state index contributed by atoms with van der Waals surface area (Å²) in [5.74, 6) is 2.93. The van der Waals surface area contributed by atoms with E-state index in [0.29, 0.717) is 29.1 Å². The molecular formula is C117H91BClN6O4P2-. The van der Waals surface area contributed by atoms with E-state index in [1.54, 1.807) is 0 Å². The summed E-state index contributed by atoms with van der Waals surface area (Å²) in [4.78, 5) is 28.6. The van der Waals surface area contributed by atoms with Crippen LogP contribution in [0.1, 0.15) is 27.7 Å². The summed E-state index contributed by atoms with van der Waals surface area (Å²) < 4.78 is 42.4. The van der Waals surface area contributed by atoms with Crippen molar-refractivity contribution in [2.24, 2.45) is 0 Å². The Morgan fingerprint density at radius 1 is 0.214 bits per heavy atom. The largest absolute Gasteiger partial charge is 0.494 e. The van der Waals surface area contributed by atoms with Crippen molar-refractivity contribution in [1.82, 2.24) is 29.9 Å². The van der Waals surface area contributed by atoms with E-state index < -0.39 is 21.4 Å². The van der Waals surface area contributed by atoms with Crippen LogP contribution in [0.5, 0.6) is 0 Å². The Morgan fingerprint density at radius 3 is 0.756 bits per heavy atom. The van der Waals surface area contributed by atoms with Gasteiger partial charge in [0.1, 0.15) is 0 Å². The summed E-state index contributed by atoms with van der Waals surface area (Å²) in [6.07, 6.45) is 0. The topological polar surface area (TPSA) is 130 Å². The lowest BCUT2D eigenvalue weighted by molar-refractivity contribution is 0.00578. The van der Waals surface area contributed by atoms with Crippen LogP contribution in [0.3, 0.4) is 0 Å². The maximum absolute atomic E-state index is 15.1. The lowest BCUT2D eigenvalue weighted by Crippen LogP contribution is -2.41. The summed E-state index contributed by atoms with van der Waals surface area (Å²) in [5, 5.41) is 9.41. The molecule has 0 amide bonds. The van der Waals surface area contributed by atoms with Gasteiger partial charge in [0, 0.05) is 59.6 Å². The molecule has 0 radical (unpaired) electrons. The van der Waals surface area contributed by atoms with Crippen LogP contribution in [0.4, 0.5) is 0 Å². The van der Waals surface area contributed by atoms with Crippen LogP contribution in [0, 0.1) is 7.43 Å². The highest BCUT2D eigenvalue weighted by molar-refractivity contribution is 7.85. The van der Waals surface area contributed by atoms with Crippen LogP contribution in [0.2, 0.25) is 5.28 Å². The predicted octanol–water partition coefficient (Wildman–Crippen LogP) is 26.8. The molecule has 1 fully saturated rings. The Morgan fingerprint density at radius 2 is 0.435 bits per heavy atom. The molecule has 0 aliphatic carbocycles. The molecule has 0 atom stereocenters. The minimum atomic E-state index is -3.10. The highest BCUT2D eigenvalue weighted by Crippen LogP contribution is 2.46. The van der Waals surface area contributed by atoms with E-state index in [1.165, 1.54) is 11.1 Å². The maximum atomic E-state index is 15.1. The number of aromatic nitrogens is 6. The van der Waals surface area contributed by atoms with Gasteiger partial charge in [0.2, 0.25) is 5.28 Å². The Labute approximate surface area is 771 Å². The van der Waals surface area contributed by atoms with Gasteiger partial charge < -0.3 is 25.9 Å². The van der Waals surface area contributed by atoms with E-state index in [4.69, 9.17) is 35.9 Å². The average Bonchev–Trinajstić information content (AvgIpc) is 1.74. The van der Waals surface area contributed by atoms with Gasteiger partial charge in [-0.15, -0.1) is 0 Å². The standard InChI is InChI=1S/C55H38N3OP.C34H32BO3P.C27H18ClN3.CH3/c59-60(50-20-9-3-10-21-50,51-22-11-4-12-23-51)52-35-34-47-36-46(32-33-48(47)38-52)45-18-13-19-49(37-45)55-57-53(43-28-24-41(25-29-43)39-14-5-1-6-15-39)56-54(58-55)44-30-26-42(27-31-44)40-16-7-2-8-17-40;1-33(2)34(3,4)38-35(37-33)29-13-11-12-25(23-29)26-18-19-28-24-32(21-20-27(28)22-26)39(36,30-14-7-5-8-15-30)31-16-9-6-10-17-31;28-27-30-25(23-15-11-21(12-16-23)19-7-3-1-4-8-19)29-26(31-27)24-17-13-22(14-18-24)20-9-5-2-6-10-20;/h1-38H;5-24H,1-4H3;1-18H;1H3/q;;;-1. The van der Waals surface area contributed by atoms with Crippen molar-refractivity contribution in [3.05, 3.63) is 474 Å². The van der Waals surface area contributed by atoms with Gasteiger partial charge in [-0.2, -0.15) is 9.97 Å². The van der Waals surface area contributed by atoms with Crippen molar-refractivity contribution < 1.29 is 18.4 Å². The van der Waals surface area contributed by atoms with Gasteiger partial charge in [-0.05, 0) is 163 Å². The molecule has 0 spiro atoms. The van der Waals surface area contributed by atoms with E-state index in [1.807, 2.05) is 206 Å². The summed E-state index contributed by atoms with van der Waals surface area (Å²) >= 11 is 6.24. The highest BCUT2D eigenvalue weighted by atomic mass is 35.5. The molecule has 131 heavy (non-hydrogen) atoms. The molecule has 1 aliphatic heterocycles. The van der Waals surface area contributed by atoms with E-state index in [9.17, 15) is 4.57 Å². The lowest BCUT2D eigenvalue weighted by atomic mass is 9.78. The average molecular weight is 1750 g/mol. The summed E-state index contributed by atoms with van der Waals surface area (Å²) in [6, 6.07) is 156. The van der Waals surface area contributed by atoms with Crippen molar-refractivity contribution >= 4 is 91.8 Å². The zero-order chi connectivity index (χ0) is 88.6. The molecule has 3 heterocycles. The number of hydrogen-bond acceptors (Lipinski definition) is 10. The monoisotopic (exact) mass is 1750 g/mol. The van der Waals surface area contributed by atoms with Crippen LogP contribution < -0.4 is 37.3 Å². The molecule has 14 heteroatoms. The second-order valence-corrected chi connectivity index (χ2v) is 39.1. The van der Waals surface area contributed by atoms with Gasteiger partial charge >= 0.3 is 7.12 Å². The summed E-state index contributed by atoms with van der Waals surface area (Å²) in [6.45, 7) is 8.29. The minimum absolute atomic E-state index is 0. The molecule has 1 saturated heterocycles. The third-order valence-electron chi connectivity index (χ3n) is 24.3. The van der Waals surface area contributed by atoms with Gasteiger partial charge in [-0.1, -0.05) is 431 Å². The van der Waals surface area contributed by atoms with Gasteiger partial charge in [-0.25, -0.2) is 19.9 Å². The number of benzene rings is 18. The van der Waals surface area contributed by atoms with Gasteiger partial charge in [0.15, 0.2) is 43.4 Å². The van der Waals surface area contributed by atoms with Crippen molar-refractivity contribution in [1.29, 1.82) is 0 Å². The molecule has 0 N–H and O–H groups in total. The van der Waals surface area contributed by atoms with Crippen molar-refractivity contribution in [2.45, 2.75) is 38.9 Å². The zero-order valence-corrected chi connectivity index (χ0v) is 75.6. The molecule has 0 unspecified atom stereocenters. The van der Waals surface area contributed by atoms with Gasteiger partial charge in [0.05, 0.1) is 11.2 Å². The van der Waals surface area contributed by atoms with Gasteiger partial charge in [0.25, 0.3) is 0 Å².